The van der Waals surface area contributed by atoms with Crippen LogP contribution in [0.25, 0.3) is 0 Å². The van der Waals surface area contributed by atoms with E-state index in [-0.39, 0.29) is 11.6 Å². The summed E-state index contributed by atoms with van der Waals surface area (Å²) in [6.45, 7) is 3.72. The Hall–Kier alpha value is -2.36. The molecule has 0 aliphatic rings. The minimum atomic E-state index is -0.462. The first kappa shape index (κ1) is 14.1. The van der Waals surface area contributed by atoms with Gasteiger partial charge >= 0.3 is 0 Å². The van der Waals surface area contributed by atoms with Crippen molar-refractivity contribution in [2.45, 2.75) is 19.9 Å². The third-order valence-electron chi connectivity index (χ3n) is 2.93. The van der Waals surface area contributed by atoms with E-state index < -0.39 is 11.9 Å². The van der Waals surface area contributed by atoms with E-state index in [4.69, 9.17) is 0 Å². The number of carbonyl (C=O) groups excluding carboxylic acids is 1. The lowest BCUT2D eigenvalue weighted by atomic mass is 10.2. The molecule has 0 fully saturated rings. The molecule has 20 heavy (non-hydrogen) atoms. The number of nitrogens with one attached hydrogen (secondary N) is 2. The van der Waals surface area contributed by atoms with Crippen molar-refractivity contribution in [2.24, 2.45) is 0 Å². The first-order valence-electron chi connectivity index (χ1n) is 6.45. The summed E-state index contributed by atoms with van der Waals surface area (Å²) in [4.78, 5) is 12.0. The summed E-state index contributed by atoms with van der Waals surface area (Å²) >= 11 is 0. The zero-order valence-corrected chi connectivity index (χ0v) is 11.5. The Labute approximate surface area is 117 Å². The van der Waals surface area contributed by atoms with E-state index in [1.54, 1.807) is 19.1 Å². The van der Waals surface area contributed by atoms with Gasteiger partial charge in [0.2, 0.25) is 5.91 Å². The van der Waals surface area contributed by atoms with Gasteiger partial charge < -0.3 is 10.6 Å². The van der Waals surface area contributed by atoms with Crippen molar-refractivity contribution in [3.05, 3.63) is 59.9 Å². The summed E-state index contributed by atoms with van der Waals surface area (Å²) in [5.41, 5.74) is 2.16. The van der Waals surface area contributed by atoms with Gasteiger partial charge in [0.1, 0.15) is 11.9 Å². The summed E-state index contributed by atoms with van der Waals surface area (Å²) in [5.74, 6) is -0.722. The normalized spacial score (nSPS) is 11.8. The molecule has 0 aliphatic carbocycles. The molecule has 0 aromatic heterocycles. The first-order valence-corrected chi connectivity index (χ1v) is 6.45. The molecule has 0 spiro atoms. The van der Waals surface area contributed by atoms with Gasteiger partial charge in [0.05, 0.1) is 5.69 Å². The molecule has 3 nitrogen and oxygen atoms in total. The number of benzene rings is 2. The topological polar surface area (TPSA) is 41.1 Å². The summed E-state index contributed by atoms with van der Waals surface area (Å²) in [7, 11) is 0. The zero-order chi connectivity index (χ0) is 14.5. The molecular weight excluding hydrogens is 255 g/mol. The second-order valence-electron chi connectivity index (χ2n) is 4.70. The molecule has 104 valence electrons. The van der Waals surface area contributed by atoms with E-state index >= 15 is 0 Å². The highest BCUT2D eigenvalue weighted by molar-refractivity contribution is 5.96. The molecule has 2 rings (SSSR count). The molecule has 4 heteroatoms. The highest BCUT2D eigenvalue weighted by Crippen LogP contribution is 2.14. The molecule has 2 aromatic carbocycles. The van der Waals surface area contributed by atoms with E-state index in [1.165, 1.54) is 12.1 Å². The molecular formula is C16H17FN2O. The number of amides is 1. The molecule has 1 unspecified atom stereocenters. The number of halogens is 1. The summed E-state index contributed by atoms with van der Waals surface area (Å²) in [5, 5.41) is 5.66. The van der Waals surface area contributed by atoms with Crippen LogP contribution in [-0.2, 0) is 4.79 Å². The average Bonchev–Trinajstić information content (AvgIpc) is 2.41. The lowest BCUT2D eigenvalue weighted by Gasteiger charge is -2.16. The van der Waals surface area contributed by atoms with Gasteiger partial charge in [-0.2, -0.15) is 0 Å². The van der Waals surface area contributed by atoms with E-state index in [2.05, 4.69) is 10.6 Å². The number of anilines is 2. The van der Waals surface area contributed by atoms with Crippen molar-refractivity contribution in [1.82, 2.24) is 0 Å². The zero-order valence-electron chi connectivity index (χ0n) is 11.5. The number of aryl methyl sites for hydroxylation is 1. The molecule has 1 amide bonds. The van der Waals surface area contributed by atoms with Crippen LogP contribution in [0.1, 0.15) is 12.5 Å². The monoisotopic (exact) mass is 272 g/mol. The molecule has 0 saturated carbocycles. The van der Waals surface area contributed by atoms with Gasteiger partial charge in [-0.15, -0.1) is 0 Å². The standard InChI is InChI=1S/C16H17FN2O/c1-11-6-5-7-13(10-11)18-12(2)16(20)19-15-9-4-3-8-14(15)17/h3-10,12,18H,1-2H3,(H,19,20). The second-order valence-corrected chi connectivity index (χ2v) is 4.70. The van der Waals surface area contributed by atoms with Gasteiger partial charge in [0, 0.05) is 5.69 Å². The van der Waals surface area contributed by atoms with Gasteiger partial charge in [0.15, 0.2) is 0 Å². The predicted molar refractivity (Wildman–Crippen MR) is 79.3 cm³/mol. The Morgan fingerprint density at radius 2 is 1.90 bits per heavy atom. The van der Waals surface area contributed by atoms with Gasteiger partial charge in [-0.1, -0.05) is 24.3 Å². The van der Waals surface area contributed by atoms with Gasteiger partial charge in [-0.25, -0.2) is 4.39 Å². The molecule has 2 aromatic rings. The number of hydrogen-bond acceptors (Lipinski definition) is 2. The predicted octanol–water partition coefficient (Wildman–Crippen LogP) is 3.57. The Morgan fingerprint density at radius 3 is 2.60 bits per heavy atom. The fraction of sp³-hybridized carbons (Fsp3) is 0.188. The van der Waals surface area contributed by atoms with Gasteiger partial charge in [0.25, 0.3) is 0 Å². The Bertz CT molecular complexity index is 613. The maximum Gasteiger partial charge on any atom is 0.246 e. The van der Waals surface area contributed by atoms with Crippen LogP contribution >= 0.6 is 0 Å². The van der Waals surface area contributed by atoms with Crippen molar-refractivity contribution in [3.63, 3.8) is 0 Å². The average molecular weight is 272 g/mol. The molecule has 0 aliphatic heterocycles. The van der Waals surface area contributed by atoms with Crippen molar-refractivity contribution in [1.29, 1.82) is 0 Å². The Kier molecular flexibility index (Phi) is 4.35. The minimum Gasteiger partial charge on any atom is -0.374 e. The molecule has 1 atom stereocenters. The van der Waals surface area contributed by atoms with Gasteiger partial charge in [-0.05, 0) is 43.7 Å². The third kappa shape index (κ3) is 3.57. The van der Waals surface area contributed by atoms with Crippen molar-refractivity contribution >= 4 is 17.3 Å². The minimum absolute atomic E-state index is 0.190. The van der Waals surface area contributed by atoms with Crippen LogP contribution in [0.5, 0.6) is 0 Å². The Balaban J connectivity index is 2.01. The summed E-state index contributed by atoms with van der Waals surface area (Å²) < 4.78 is 13.5. The Morgan fingerprint density at radius 1 is 1.15 bits per heavy atom. The maximum absolute atomic E-state index is 13.5. The van der Waals surface area contributed by atoms with E-state index in [1.807, 2.05) is 31.2 Å². The van der Waals surface area contributed by atoms with Crippen molar-refractivity contribution in [3.8, 4) is 0 Å². The number of carbonyl (C=O) groups is 1. The van der Waals surface area contributed by atoms with E-state index in [0.29, 0.717) is 0 Å². The van der Waals surface area contributed by atoms with Crippen LogP contribution in [0.3, 0.4) is 0 Å². The summed E-state index contributed by atoms with van der Waals surface area (Å²) in [6.07, 6.45) is 0. The molecule has 0 radical (unpaired) electrons. The fourth-order valence-electron chi connectivity index (χ4n) is 1.85. The molecule has 0 heterocycles. The van der Waals surface area contributed by atoms with Crippen molar-refractivity contribution < 1.29 is 9.18 Å². The fourth-order valence-corrected chi connectivity index (χ4v) is 1.85. The molecule has 0 bridgehead atoms. The quantitative estimate of drug-likeness (QED) is 0.893. The van der Waals surface area contributed by atoms with Crippen LogP contribution in [0.15, 0.2) is 48.5 Å². The van der Waals surface area contributed by atoms with Crippen LogP contribution in [-0.4, -0.2) is 11.9 Å². The van der Waals surface area contributed by atoms with Crippen LogP contribution < -0.4 is 10.6 Å². The second kappa shape index (κ2) is 6.19. The number of hydrogen-bond donors (Lipinski definition) is 2. The smallest absolute Gasteiger partial charge is 0.246 e. The largest absolute Gasteiger partial charge is 0.374 e. The highest BCUT2D eigenvalue weighted by Gasteiger charge is 2.14. The number of rotatable bonds is 4. The van der Waals surface area contributed by atoms with E-state index in [0.717, 1.165) is 11.3 Å². The number of para-hydroxylation sites is 1. The summed E-state index contributed by atoms with van der Waals surface area (Å²) in [6, 6.07) is 13.4. The van der Waals surface area contributed by atoms with E-state index in [9.17, 15) is 9.18 Å². The van der Waals surface area contributed by atoms with Crippen LogP contribution in [0.2, 0.25) is 0 Å². The SMILES string of the molecule is Cc1cccc(NC(C)C(=O)Nc2ccccc2F)c1. The van der Waals surface area contributed by atoms with Crippen LogP contribution in [0, 0.1) is 12.7 Å². The van der Waals surface area contributed by atoms with Gasteiger partial charge in [-0.3, -0.25) is 4.79 Å². The van der Waals surface area contributed by atoms with Crippen LogP contribution in [0.4, 0.5) is 15.8 Å². The molecule has 0 saturated heterocycles. The third-order valence-corrected chi connectivity index (χ3v) is 2.93. The lowest BCUT2D eigenvalue weighted by Crippen LogP contribution is -2.32. The lowest BCUT2D eigenvalue weighted by molar-refractivity contribution is -0.116. The maximum atomic E-state index is 13.5. The highest BCUT2D eigenvalue weighted by atomic mass is 19.1. The van der Waals surface area contributed by atoms with Crippen molar-refractivity contribution in [2.75, 3.05) is 10.6 Å². The molecule has 2 N–H and O–H groups in total. The first-order chi connectivity index (χ1) is 9.56.